The van der Waals surface area contributed by atoms with Gasteiger partial charge in [0.15, 0.2) is 0 Å². The minimum Gasteiger partial charge on any atom is -0.537 e. The van der Waals surface area contributed by atoms with Crippen molar-refractivity contribution in [2.75, 3.05) is 13.1 Å². The van der Waals surface area contributed by atoms with Crippen LogP contribution >= 0.6 is 0 Å². The second kappa shape index (κ2) is 4.53. The van der Waals surface area contributed by atoms with Gasteiger partial charge in [-0.05, 0) is 25.9 Å². The van der Waals surface area contributed by atoms with E-state index in [9.17, 15) is 0 Å². The Morgan fingerprint density at radius 3 is 3.00 bits per heavy atom. The Morgan fingerprint density at radius 2 is 2.29 bits per heavy atom. The van der Waals surface area contributed by atoms with Crippen LogP contribution in [0.4, 0.5) is 0 Å². The van der Waals surface area contributed by atoms with E-state index in [0.29, 0.717) is 5.75 Å². The number of nitrogens with zero attached hydrogens (tertiary/aromatic N) is 1. The Balaban J connectivity index is 1.88. The summed E-state index contributed by atoms with van der Waals surface area (Å²) in [7, 11) is -0.303. The van der Waals surface area contributed by atoms with E-state index in [4.69, 9.17) is 14.1 Å². The summed E-state index contributed by atoms with van der Waals surface area (Å²) in [5.74, 6) is 1.50. The fraction of sp³-hybridized carbons (Fsp3) is 0.556. The van der Waals surface area contributed by atoms with Crippen LogP contribution < -0.4 is 4.65 Å². The molecule has 1 aromatic heterocycles. The molecule has 4 nitrogen and oxygen atoms in total. The lowest BCUT2D eigenvalue weighted by Crippen LogP contribution is -2.17. The van der Waals surface area contributed by atoms with Crippen molar-refractivity contribution in [1.29, 1.82) is 0 Å². The number of hydrogen-bond acceptors (Lipinski definition) is 4. The molecule has 5 heteroatoms. The summed E-state index contributed by atoms with van der Waals surface area (Å²) < 4.78 is 10.2. The van der Waals surface area contributed by atoms with Gasteiger partial charge in [0.1, 0.15) is 17.8 Å². The molecule has 0 radical (unpaired) electrons. The van der Waals surface area contributed by atoms with Gasteiger partial charge in [-0.25, -0.2) is 0 Å². The Morgan fingerprint density at radius 1 is 1.50 bits per heavy atom. The molecule has 14 heavy (non-hydrogen) atoms. The summed E-state index contributed by atoms with van der Waals surface area (Å²) >= 11 is 0. The van der Waals surface area contributed by atoms with E-state index in [0.717, 1.165) is 25.4 Å². The minimum absolute atomic E-state index is 0.303. The molecule has 1 N–H and O–H groups in total. The third-order valence-corrected chi connectivity index (χ3v) is 2.44. The van der Waals surface area contributed by atoms with Gasteiger partial charge in [0.2, 0.25) is 0 Å². The molecule has 2 rings (SSSR count). The van der Waals surface area contributed by atoms with Crippen LogP contribution in [-0.4, -0.2) is 30.7 Å². The van der Waals surface area contributed by atoms with E-state index >= 15 is 0 Å². The maximum absolute atomic E-state index is 8.54. The normalized spacial score (nSPS) is 17.2. The summed E-state index contributed by atoms with van der Waals surface area (Å²) in [4.78, 5) is 2.35. The van der Waals surface area contributed by atoms with Crippen molar-refractivity contribution in [3.63, 3.8) is 0 Å². The number of likely N-dealkylation sites (tertiary alicyclic amines) is 1. The molecule has 0 saturated carbocycles. The first-order chi connectivity index (χ1) is 6.88. The maximum atomic E-state index is 8.54. The molecule has 0 spiro atoms. The predicted octanol–water partition coefficient (Wildman–Crippen LogP) is 0.513. The third kappa shape index (κ3) is 2.30. The van der Waals surface area contributed by atoms with Crippen LogP contribution in [0.25, 0.3) is 0 Å². The lowest BCUT2D eigenvalue weighted by atomic mass is 10.3. The van der Waals surface area contributed by atoms with Crippen molar-refractivity contribution in [1.82, 2.24) is 4.90 Å². The highest BCUT2D eigenvalue weighted by molar-refractivity contribution is 6.17. The Kier molecular flexibility index (Phi) is 3.11. The zero-order chi connectivity index (χ0) is 9.80. The van der Waals surface area contributed by atoms with Crippen LogP contribution in [0.5, 0.6) is 5.75 Å². The third-order valence-electron chi connectivity index (χ3n) is 2.44. The minimum atomic E-state index is -0.303. The molecule has 1 aliphatic rings. The summed E-state index contributed by atoms with van der Waals surface area (Å²) in [6, 6.07) is 1.83. The summed E-state index contributed by atoms with van der Waals surface area (Å²) in [6.45, 7) is 3.14. The van der Waals surface area contributed by atoms with Crippen molar-refractivity contribution in [3.05, 3.63) is 18.1 Å². The average Bonchev–Trinajstić information content (AvgIpc) is 2.79. The molecule has 0 atom stereocenters. The van der Waals surface area contributed by atoms with Gasteiger partial charge >= 0.3 is 7.69 Å². The van der Waals surface area contributed by atoms with Gasteiger partial charge in [-0.1, -0.05) is 0 Å². The highest BCUT2D eigenvalue weighted by atomic mass is 16.5. The zero-order valence-electron chi connectivity index (χ0n) is 8.11. The van der Waals surface area contributed by atoms with Crippen LogP contribution in [0.2, 0.25) is 0 Å². The van der Waals surface area contributed by atoms with E-state index in [1.54, 1.807) is 0 Å². The van der Waals surface area contributed by atoms with Crippen LogP contribution in [0.15, 0.2) is 16.7 Å². The second-order valence-electron chi connectivity index (χ2n) is 3.51. The molecule has 0 amide bonds. The maximum Gasteiger partial charge on any atom is 0.504 e. The van der Waals surface area contributed by atoms with Gasteiger partial charge < -0.3 is 14.1 Å². The molecule has 2 heterocycles. The number of hydrogen-bond donors (Lipinski definition) is 1. The molecule has 1 fully saturated rings. The standard InChI is InChI=1S/C9H14BNO3/c12-10-14-9-5-8(13-7-9)6-11-3-1-2-4-11/h5,7,10,12H,1-4,6H2. The second-order valence-corrected chi connectivity index (χ2v) is 3.51. The highest BCUT2D eigenvalue weighted by Crippen LogP contribution is 2.19. The van der Waals surface area contributed by atoms with Gasteiger partial charge in [0.05, 0.1) is 6.54 Å². The fourth-order valence-corrected chi connectivity index (χ4v) is 1.75. The first-order valence-electron chi connectivity index (χ1n) is 4.92. The lowest BCUT2D eigenvalue weighted by Gasteiger charge is -2.11. The van der Waals surface area contributed by atoms with Crippen molar-refractivity contribution < 1.29 is 14.1 Å². The van der Waals surface area contributed by atoms with E-state index in [1.807, 2.05) is 6.07 Å². The van der Waals surface area contributed by atoms with Gasteiger partial charge in [-0.2, -0.15) is 0 Å². The molecule has 1 aromatic rings. The summed E-state index contributed by atoms with van der Waals surface area (Å²) in [5, 5.41) is 8.54. The zero-order valence-corrected chi connectivity index (χ0v) is 8.11. The number of rotatable bonds is 4. The Labute approximate surface area is 83.8 Å². The van der Waals surface area contributed by atoms with Crippen molar-refractivity contribution in [2.45, 2.75) is 19.4 Å². The Bertz CT molecular complexity index is 283. The van der Waals surface area contributed by atoms with Gasteiger partial charge in [-0.15, -0.1) is 0 Å². The quantitative estimate of drug-likeness (QED) is 0.711. The molecule has 0 aromatic carbocycles. The molecule has 0 aliphatic carbocycles. The van der Waals surface area contributed by atoms with Crippen LogP contribution in [0.3, 0.4) is 0 Å². The first kappa shape index (κ1) is 9.61. The SMILES string of the molecule is OBOc1coc(CN2CCCC2)c1. The van der Waals surface area contributed by atoms with E-state index in [2.05, 4.69) is 4.90 Å². The average molecular weight is 195 g/mol. The monoisotopic (exact) mass is 195 g/mol. The van der Waals surface area contributed by atoms with E-state index in [1.165, 1.54) is 19.1 Å². The van der Waals surface area contributed by atoms with Gasteiger partial charge in [0, 0.05) is 6.07 Å². The summed E-state index contributed by atoms with van der Waals surface area (Å²) in [5.41, 5.74) is 0. The molecule has 1 saturated heterocycles. The smallest absolute Gasteiger partial charge is 0.504 e. The highest BCUT2D eigenvalue weighted by Gasteiger charge is 2.13. The predicted molar refractivity (Wildman–Crippen MR) is 53.2 cm³/mol. The Hall–Kier alpha value is -0.935. The van der Waals surface area contributed by atoms with Gasteiger partial charge in [0.25, 0.3) is 0 Å². The van der Waals surface area contributed by atoms with E-state index < -0.39 is 0 Å². The lowest BCUT2D eigenvalue weighted by molar-refractivity contribution is 0.297. The van der Waals surface area contributed by atoms with Crippen molar-refractivity contribution in [2.24, 2.45) is 0 Å². The number of furan rings is 1. The van der Waals surface area contributed by atoms with Crippen molar-refractivity contribution in [3.8, 4) is 5.75 Å². The molecule has 1 aliphatic heterocycles. The molecular formula is C9H14BNO3. The molecule has 0 bridgehead atoms. The molecular weight excluding hydrogens is 181 g/mol. The van der Waals surface area contributed by atoms with Crippen LogP contribution in [-0.2, 0) is 6.54 Å². The van der Waals surface area contributed by atoms with Crippen LogP contribution in [0.1, 0.15) is 18.6 Å². The molecule has 76 valence electrons. The van der Waals surface area contributed by atoms with Crippen LogP contribution in [0, 0.1) is 0 Å². The van der Waals surface area contributed by atoms with E-state index in [-0.39, 0.29) is 7.69 Å². The topological polar surface area (TPSA) is 45.8 Å². The van der Waals surface area contributed by atoms with Gasteiger partial charge in [-0.3, -0.25) is 4.90 Å². The largest absolute Gasteiger partial charge is 0.537 e. The molecule has 0 unspecified atom stereocenters. The summed E-state index contributed by atoms with van der Waals surface area (Å²) in [6.07, 6.45) is 4.09. The first-order valence-corrected chi connectivity index (χ1v) is 4.92. The fourth-order valence-electron chi connectivity index (χ4n) is 1.75. The van der Waals surface area contributed by atoms with Crippen molar-refractivity contribution >= 4 is 7.69 Å².